The zero-order chi connectivity index (χ0) is 21.4. The van der Waals surface area contributed by atoms with Gasteiger partial charge < -0.3 is 20.4 Å². The topological polar surface area (TPSA) is 104 Å². The highest BCUT2D eigenvalue weighted by Gasteiger charge is 2.21. The van der Waals surface area contributed by atoms with Crippen LogP contribution in [0.5, 0.6) is 0 Å². The van der Waals surface area contributed by atoms with Gasteiger partial charge >= 0.3 is 5.97 Å². The average Bonchev–Trinajstić information content (AvgIpc) is 3.03. The van der Waals surface area contributed by atoms with Crippen LogP contribution in [0.3, 0.4) is 0 Å². The molecule has 4 N–H and O–H groups in total. The maximum absolute atomic E-state index is 12.4. The number of hydrogen-bond acceptors (Lipinski definition) is 4. The molecule has 4 rings (SSSR count). The monoisotopic (exact) mass is 408 g/mol. The van der Waals surface area contributed by atoms with Crippen molar-refractivity contribution in [2.45, 2.75) is 39.2 Å². The number of carboxylic acids is 1. The molecule has 2 aromatic heterocycles. The van der Waals surface area contributed by atoms with Gasteiger partial charge in [0.25, 0.3) is 5.56 Å². The van der Waals surface area contributed by atoms with Crippen LogP contribution < -0.4 is 11.3 Å². The van der Waals surface area contributed by atoms with Crippen molar-refractivity contribution < 1.29 is 9.90 Å². The van der Waals surface area contributed by atoms with Crippen LogP contribution in [0.2, 0.25) is 0 Å². The Labute approximate surface area is 175 Å². The number of benzene rings is 1. The molecule has 0 unspecified atom stereocenters. The fraction of sp³-hybridized carbons (Fsp3) is 0.391. The maximum atomic E-state index is 12.4. The number of likely N-dealkylation sites (tertiary alicyclic amines) is 1. The number of nitrogens with zero attached hydrogens (tertiary/aromatic N) is 2. The van der Waals surface area contributed by atoms with Crippen LogP contribution in [0.25, 0.3) is 22.2 Å². The molecule has 30 heavy (non-hydrogen) atoms. The van der Waals surface area contributed by atoms with E-state index in [1.807, 2.05) is 25.1 Å². The van der Waals surface area contributed by atoms with Gasteiger partial charge in [0, 0.05) is 35.8 Å². The van der Waals surface area contributed by atoms with Crippen molar-refractivity contribution in [3.8, 4) is 11.3 Å². The molecule has 7 nitrogen and oxygen atoms in total. The fourth-order valence-corrected chi connectivity index (χ4v) is 4.55. The number of aromatic nitrogens is 2. The minimum atomic E-state index is -1.31. The van der Waals surface area contributed by atoms with Crippen molar-refractivity contribution in [3.05, 3.63) is 51.4 Å². The maximum Gasteiger partial charge on any atom is 0.343 e. The molecule has 0 bridgehead atoms. The van der Waals surface area contributed by atoms with Crippen molar-refractivity contribution in [3.63, 3.8) is 0 Å². The van der Waals surface area contributed by atoms with E-state index in [2.05, 4.69) is 27.6 Å². The summed E-state index contributed by atoms with van der Waals surface area (Å²) in [4.78, 5) is 29.0. The van der Waals surface area contributed by atoms with Crippen molar-refractivity contribution in [2.75, 3.05) is 18.8 Å². The number of aryl methyl sites for hydroxylation is 1. The minimum absolute atomic E-state index is 0.0442. The lowest BCUT2D eigenvalue weighted by atomic mass is 9.99. The first-order chi connectivity index (χ1) is 14.4. The third-order valence-electron chi connectivity index (χ3n) is 6.19. The summed E-state index contributed by atoms with van der Waals surface area (Å²) in [6.45, 7) is 5.11. The van der Waals surface area contributed by atoms with Gasteiger partial charge in [0.15, 0.2) is 0 Å². The van der Waals surface area contributed by atoms with Crippen molar-refractivity contribution in [2.24, 2.45) is 7.05 Å². The van der Waals surface area contributed by atoms with Gasteiger partial charge in [0.1, 0.15) is 5.56 Å². The molecular formula is C23H28N4O3. The molecule has 0 amide bonds. The highest BCUT2D eigenvalue weighted by Crippen LogP contribution is 2.31. The standard InChI is InChI=1S/C23H28N4O3/c1-3-17-20(24)19(23(29)30)22(28)25-21(17)14-7-8-18-15(11-14)12-16(26(18)2)13-27-9-5-4-6-10-27/h7-8,11-12H,3-6,9-10,13H2,1-2H3,(H,29,30)(H3,24,25,28). The van der Waals surface area contributed by atoms with Gasteiger partial charge in [-0.3, -0.25) is 9.69 Å². The normalized spacial score (nSPS) is 15.0. The van der Waals surface area contributed by atoms with Gasteiger partial charge in [-0.05, 0) is 56.1 Å². The van der Waals surface area contributed by atoms with E-state index in [1.165, 1.54) is 25.0 Å². The third-order valence-corrected chi connectivity index (χ3v) is 6.19. The summed E-state index contributed by atoms with van der Waals surface area (Å²) in [6.07, 6.45) is 4.35. The number of pyridine rings is 1. The molecule has 0 spiro atoms. The number of nitrogens with two attached hydrogens (primary N) is 1. The van der Waals surface area contributed by atoms with Gasteiger partial charge in [-0.15, -0.1) is 0 Å². The molecule has 1 aliphatic heterocycles. The molecule has 3 aromatic rings. The Balaban J connectivity index is 1.77. The molecule has 3 heterocycles. The smallest absolute Gasteiger partial charge is 0.343 e. The number of nitrogen functional groups attached to an aromatic ring is 1. The van der Waals surface area contributed by atoms with Gasteiger partial charge in [-0.25, -0.2) is 4.79 Å². The number of anilines is 1. The largest absolute Gasteiger partial charge is 0.477 e. The van der Waals surface area contributed by atoms with E-state index in [0.29, 0.717) is 17.7 Å². The molecule has 0 atom stereocenters. The summed E-state index contributed by atoms with van der Waals surface area (Å²) in [6, 6.07) is 8.24. The van der Waals surface area contributed by atoms with Gasteiger partial charge in [0.05, 0.1) is 11.4 Å². The van der Waals surface area contributed by atoms with Crippen LogP contribution in [-0.2, 0) is 20.0 Å². The van der Waals surface area contributed by atoms with E-state index in [4.69, 9.17) is 5.73 Å². The number of rotatable bonds is 5. The van der Waals surface area contributed by atoms with E-state index < -0.39 is 11.5 Å². The van der Waals surface area contributed by atoms with Crippen LogP contribution >= 0.6 is 0 Å². The second kappa shape index (κ2) is 7.99. The van der Waals surface area contributed by atoms with Crippen LogP contribution in [0, 0.1) is 0 Å². The Morgan fingerprint density at radius 2 is 1.93 bits per heavy atom. The fourth-order valence-electron chi connectivity index (χ4n) is 4.55. The summed E-state index contributed by atoms with van der Waals surface area (Å²) < 4.78 is 2.22. The second-order valence-electron chi connectivity index (χ2n) is 8.06. The van der Waals surface area contributed by atoms with Crippen LogP contribution in [0.1, 0.15) is 47.8 Å². The Hall–Kier alpha value is -3.06. The third kappa shape index (κ3) is 3.50. The lowest BCUT2D eigenvalue weighted by Crippen LogP contribution is -2.29. The number of carboxylic acid groups (broad SMARTS) is 1. The van der Waals surface area contributed by atoms with E-state index in [9.17, 15) is 14.7 Å². The summed E-state index contributed by atoms with van der Waals surface area (Å²) in [5, 5.41) is 10.4. The lowest BCUT2D eigenvalue weighted by molar-refractivity contribution is 0.0696. The summed E-state index contributed by atoms with van der Waals surface area (Å²) in [7, 11) is 2.08. The lowest BCUT2D eigenvalue weighted by Gasteiger charge is -2.26. The zero-order valence-electron chi connectivity index (χ0n) is 17.5. The molecule has 0 saturated carbocycles. The van der Waals surface area contributed by atoms with Crippen LogP contribution in [0.15, 0.2) is 29.1 Å². The molecule has 0 aliphatic carbocycles. The van der Waals surface area contributed by atoms with E-state index >= 15 is 0 Å². The quantitative estimate of drug-likeness (QED) is 0.600. The number of hydrogen-bond donors (Lipinski definition) is 3. The number of aromatic carboxylic acids is 1. The van der Waals surface area contributed by atoms with Crippen LogP contribution in [0.4, 0.5) is 5.69 Å². The highest BCUT2D eigenvalue weighted by atomic mass is 16.4. The van der Waals surface area contributed by atoms with Crippen molar-refractivity contribution in [1.29, 1.82) is 0 Å². The molecule has 1 aliphatic rings. The zero-order valence-corrected chi connectivity index (χ0v) is 17.5. The molecule has 1 aromatic carbocycles. The van der Waals surface area contributed by atoms with Gasteiger partial charge in [-0.1, -0.05) is 19.4 Å². The first kappa shape index (κ1) is 20.2. The van der Waals surface area contributed by atoms with Gasteiger partial charge in [-0.2, -0.15) is 0 Å². The summed E-state index contributed by atoms with van der Waals surface area (Å²) in [5.74, 6) is -1.31. The Morgan fingerprint density at radius 3 is 2.60 bits per heavy atom. The molecular weight excluding hydrogens is 380 g/mol. The number of aromatic amines is 1. The van der Waals surface area contributed by atoms with Gasteiger partial charge in [0.2, 0.25) is 0 Å². The first-order valence-corrected chi connectivity index (χ1v) is 10.5. The Bertz CT molecular complexity index is 1170. The minimum Gasteiger partial charge on any atom is -0.477 e. The number of fused-ring (bicyclic) bond motifs is 1. The number of piperidine rings is 1. The predicted molar refractivity (Wildman–Crippen MR) is 119 cm³/mol. The summed E-state index contributed by atoms with van der Waals surface area (Å²) >= 11 is 0. The molecule has 1 saturated heterocycles. The SMILES string of the molecule is CCc1c(-c2ccc3c(c2)cc(CN2CCCCC2)n3C)[nH]c(=O)c(C(=O)O)c1N. The summed E-state index contributed by atoms with van der Waals surface area (Å²) in [5.41, 5.74) is 9.50. The molecule has 0 radical (unpaired) electrons. The number of H-pyrrole nitrogens is 1. The molecule has 1 fully saturated rings. The number of nitrogens with one attached hydrogen (secondary N) is 1. The highest BCUT2D eigenvalue weighted by molar-refractivity contribution is 5.96. The van der Waals surface area contributed by atoms with E-state index in [-0.39, 0.29) is 11.3 Å². The molecule has 158 valence electrons. The predicted octanol–water partition coefficient (Wildman–Crippen LogP) is 3.36. The Morgan fingerprint density at radius 1 is 1.20 bits per heavy atom. The average molecular weight is 409 g/mol. The van der Waals surface area contributed by atoms with Crippen LogP contribution in [-0.4, -0.2) is 38.6 Å². The first-order valence-electron chi connectivity index (χ1n) is 10.5. The Kier molecular flexibility index (Phi) is 5.39. The second-order valence-corrected chi connectivity index (χ2v) is 8.06. The van der Waals surface area contributed by atoms with E-state index in [0.717, 1.165) is 36.1 Å². The van der Waals surface area contributed by atoms with E-state index in [1.54, 1.807) is 0 Å². The number of carbonyl (C=O) groups is 1. The van der Waals surface area contributed by atoms with Crippen molar-refractivity contribution >= 4 is 22.6 Å². The molecule has 7 heteroatoms. The van der Waals surface area contributed by atoms with Crippen molar-refractivity contribution in [1.82, 2.24) is 14.5 Å².